The molecule has 2 heterocycles. The maximum Gasteiger partial charge on any atom is 0.317 e. The maximum absolute atomic E-state index is 12.2. The van der Waals surface area contributed by atoms with Gasteiger partial charge in [0.25, 0.3) is 0 Å². The molecule has 0 spiro atoms. The van der Waals surface area contributed by atoms with Crippen LogP contribution in [0, 0.1) is 6.92 Å². The third-order valence-electron chi connectivity index (χ3n) is 3.90. The standard InChI is InChI=1S/C20H22N4O3/c1-15-10-18(23-27-15)13-24(2)20(25)22-12-17-8-9-21-19(11-17)26-14-16-6-4-3-5-7-16/h3-11H,12-14H2,1-2H3,(H,22,25). The van der Waals surface area contributed by atoms with Crippen LogP contribution < -0.4 is 10.1 Å². The van der Waals surface area contributed by atoms with Gasteiger partial charge in [-0.05, 0) is 24.1 Å². The minimum absolute atomic E-state index is 0.195. The number of nitrogens with one attached hydrogen (secondary N) is 1. The van der Waals surface area contributed by atoms with Gasteiger partial charge < -0.3 is 19.5 Å². The predicted octanol–water partition coefficient (Wildman–Crippen LogP) is 3.30. The Morgan fingerprint density at radius 1 is 1.19 bits per heavy atom. The van der Waals surface area contributed by atoms with Crippen molar-refractivity contribution in [3.05, 3.63) is 77.3 Å². The Hall–Kier alpha value is -3.35. The van der Waals surface area contributed by atoms with E-state index in [1.54, 1.807) is 18.1 Å². The summed E-state index contributed by atoms with van der Waals surface area (Å²) in [5.41, 5.74) is 2.69. The van der Waals surface area contributed by atoms with Gasteiger partial charge in [-0.3, -0.25) is 0 Å². The molecular weight excluding hydrogens is 344 g/mol. The summed E-state index contributed by atoms with van der Waals surface area (Å²) in [5, 5.41) is 6.76. The van der Waals surface area contributed by atoms with Crippen molar-refractivity contribution in [2.75, 3.05) is 7.05 Å². The second-order valence-electron chi connectivity index (χ2n) is 6.22. The van der Waals surface area contributed by atoms with E-state index < -0.39 is 0 Å². The van der Waals surface area contributed by atoms with Gasteiger partial charge in [-0.25, -0.2) is 9.78 Å². The Labute approximate surface area is 158 Å². The maximum atomic E-state index is 12.2. The molecule has 0 aliphatic rings. The molecule has 0 bridgehead atoms. The lowest BCUT2D eigenvalue weighted by Crippen LogP contribution is -2.36. The monoisotopic (exact) mass is 366 g/mol. The molecule has 0 fully saturated rings. The van der Waals surface area contributed by atoms with Crippen molar-refractivity contribution < 1.29 is 14.1 Å². The third kappa shape index (κ3) is 5.57. The molecule has 7 heteroatoms. The number of urea groups is 1. The lowest BCUT2D eigenvalue weighted by atomic mass is 10.2. The Morgan fingerprint density at radius 3 is 2.74 bits per heavy atom. The van der Waals surface area contributed by atoms with Gasteiger partial charge in [0.05, 0.1) is 6.54 Å². The number of aromatic nitrogens is 2. The Morgan fingerprint density at radius 2 is 2.00 bits per heavy atom. The van der Waals surface area contributed by atoms with Crippen molar-refractivity contribution >= 4 is 6.03 Å². The molecule has 1 N–H and O–H groups in total. The van der Waals surface area contributed by atoms with E-state index in [0.717, 1.165) is 16.9 Å². The van der Waals surface area contributed by atoms with Crippen LogP contribution >= 0.6 is 0 Å². The zero-order valence-corrected chi connectivity index (χ0v) is 15.4. The summed E-state index contributed by atoms with van der Waals surface area (Å²) < 4.78 is 10.7. The van der Waals surface area contributed by atoms with E-state index in [-0.39, 0.29) is 6.03 Å². The van der Waals surface area contributed by atoms with Crippen LogP contribution in [0.15, 0.2) is 59.3 Å². The summed E-state index contributed by atoms with van der Waals surface area (Å²) in [6.45, 7) is 3.02. The normalized spacial score (nSPS) is 10.4. The van der Waals surface area contributed by atoms with E-state index in [1.165, 1.54) is 0 Å². The fourth-order valence-electron chi connectivity index (χ4n) is 2.49. The van der Waals surface area contributed by atoms with Gasteiger partial charge >= 0.3 is 6.03 Å². The second kappa shape index (κ2) is 8.84. The highest BCUT2D eigenvalue weighted by Crippen LogP contribution is 2.12. The quantitative estimate of drug-likeness (QED) is 0.694. The first kappa shape index (κ1) is 18.4. The summed E-state index contributed by atoms with van der Waals surface area (Å²) >= 11 is 0. The zero-order chi connectivity index (χ0) is 19.1. The summed E-state index contributed by atoms with van der Waals surface area (Å²) in [5.74, 6) is 1.25. The topological polar surface area (TPSA) is 80.5 Å². The Balaban J connectivity index is 1.49. The van der Waals surface area contributed by atoms with E-state index in [2.05, 4.69) is 15.5 Å². The molecule has 0 atom stereocenters. The summed E-state index contributed by atoms with van der Waals surface area (Å²) in [6.07, 6.45) is 1.67. The van der Waals surface area contributed by atoms with Crippen molar-refractivity contribution in [3.8, 4) is 5.88 Å². The van der Waals surface area contributed by atoms with Crippen LogP contribution in [-0.4, -0.2) is 28.1 Å². The number of benzene rings is 1. The van der Waals surface area contributed by atoms with Gasteiger partial charge in [0, 0.05) is 31.9 Å². The fourth-order valence-corrected chi connectivity index (χ4v) is 2.49. The van der Waals surface area contributed by atoms with E-state index in [4.69, 9.17) is 9.26 Å². The average molecular weight is 366 g/mol. The molecule has 1 aromatic carbocycles. The van der Waals surface area contributed by atoms with Crippen molar-refractivity contribution in [1.82, 2.24) is 20.4 Å². The van der Waals surface area contributed by atoms with Crippen LogP contribution in [0.3, 0.4) is 0 Å². The van der Waals surface area contributed by atoms with Gasteiger partial charge in [0.1, 0.15) is 18.1 Å². The predicted molar refractivity (Wildman–Crippen MR) is 100.0 cm³/mol. The molecule has 0 saturated heterocycles. The second-order valence-corrected chi connectivity index (χ2v) is 6.22. The number of carbonyl (C=O) groups is 1. The Kier molecular flexibility index (Phi) is 6.04. The molecule has 0 radical (unpaired) electrons. The molecule has 2 amide bonds. The molecule has 3 aromatic rings. The zero-order valence-electron chi connectivity index (χ0n) is 15.4. The molecule has 0 aliphatic carbocycles. The third-order valence-corrected chi connectivity index (χ3v) is 3.90. The highest BCUT2D eigenvalue weighted by Gasteiger charge is 2.11. The molecule has 0 unspecified atom stereocenters. The first-order chi connectivity index (χ1) is 13.1. The first-order valence-electron chi connectivity index (χ1n) is 8.63. The minimum Gasteiger partial charge on any atom is -0.473 e. The van der Waals surface area contributed by atoms with Gasteiger partial charge in [-0.2, -0.15) is 0 Å². The number of carbonyl (C=O) groups excluding carboxylic acids is 1. The van der Waals surface area contributed by atoms with Crippen LogP contribution in [0.2, 0.25) is 0 Å². The average Bonchev–Trinajstić information content (AvgIpc) is 3.10. The largest absolute Gasteiger partial charge is 0.473 e. The van der Waals surface area contributed by atoms with Crippen LogP contribution in [0.25, 0.3) is 0 Å². The van der Waals surface area contributed by atoms with E-state index in [1.807, 2.05) is 55.5 Å². The van der Waals surface area contributed by atoms with Gasteiger partial charge in [0.15, 0.2) is 0 Å². The van der Waals surface area contributed by atoms with E-state index in [0.29, 0.717) is 31.3 Å². The summed E-state index contributed by atoms with van der Waals surface area (Å²) in [6, 6.07) is 15.2. The molecular formula is C20H22N4O3. The highest BCUT2D eigenvalue weighted by molar-refractivity contribution is 5.73. The SMILES string of the molecule is Cc1cc(CN(C)C(=O)NCc2ccnc(OCc3ccccc3)c2)no1. The number of nitrogens with zero attached hydrogens (tertiary/aromatic N) is 3. The van der Waals surface area contributed by atoms with Gasteiger partial charge in [-0.15, -0.1) is 0 Å². The molecule has 0 aliphatic heterocycles. The Bertz CT molecular complexity index is 880. The number of rotatable bonds is 7. The van der Waals surface area contributed by atoms with Gasteiger partial charge in [-0.1, -0.05) is 35.5 Å². The molecule has 27 heavy (non-hydrogen) atoms. The van der Waals surface area contributed by atoms with Crippen LogP contribution in [0.5, 0.6) is 5.88 Å². The number of pyridine rings is 1. The van der Waals surface area contributed by atoms with Crippen molar-refractivity contribution in [2.45, 2.75) is 26.6 Å². The van der Waals surface area contributed by atoms with Crippen molar-refractivity contribution in [3.63, 3.8) is 0 Å². The van der Waals surface area contributed by atoms with Gasteiger partial charge in [0.2, 0.25) is 5.88 Å². The number of hydrogen-bond donors (Lipinski definition) is 1. The molecule has 2 aromatic heterocycles. The van der Waals surface area contributed by atoms with E-state index in [9.17, 15) is 4.79 Å². The number of ether oxygens (including phenoxy) is 1. The van der Waals surface area contributed by atoms with Crippen LogP contribution in [-0.2, 0) is 19.7 Å². The summed E-state index contributed by atoms with van der Waals surface area (Å²) in [4.78, 5) is 18.0. The first-order valence-corrected chi connectivity index (χ1v) is 8.63. The lowest BCUT2D eigenvalue weighted by Gasteiger charge is -2.16. The van der Waals surface area contributed by atoms with Crippen LogP contribution in [0.1, 0.15) is 22.6 Å². The van der Waals surface area contributed by atoms with Crippen molar-refractivity contribution in [2.24, 2.45) is 0 Å². The fraction of sp³-hybridized carbons (Fsp3) is 0.250. The van der Waals surface area contributed by atoms with Crippen molar-refractivity contribution in [1.29, 1.82) is 0 Å². The van der Waals surface area contributed by atoms with Crippen LogP contribution in [0.4, 0.5) is 4.79 Å². The smallest absolute Gasteiger partial charge is 0.317 e. The number of hydrogen-bond acceptors (Lipinski definition) is 5. The molecule has 0 saturated carbocycles. The molecule has 3 rings (SSSR count). The number of amides is 2. The highest BCUT2D eigenvalue weighted by atomic mass is 16.5. The summed E-state index contributed by atoms with van der Waals surface area (Å²) in [7, 11) is 1.71. The number of aryl methyl sites for hydroxylation is 1. The molecule has 7 nitrogen and oxygen atoms in total. The molecule has 140 valence electrons. The lowest BCUT2D eigenvalue weighted by molar-refractivity contribution is 0.205. The minimum atomic E-state index is -0.195. The van der Waals surface area contributed by atoms with E-state index >= 15 is 0 Å².